The van der Waals surface area contributed by atoms with Crippen LogP contribution < -0.4 is 5.73 Å². The summed E-state index contributed by atoms with van der Waals surface area (Å²) in [5.74, 6) is 0. The molecule has 0 aromatic rings. The Labute approximate surface area is 69.2 Å². The van der Waals surface area contributed by atoms with Gasteiger partial charge in [-0.3, -0.25) is 0 Å². The first-order valence-electron chi connectivity index (χ1n) is 3.43. The van der Waals surface area contributed by atoms with Gasteiger partial charge in [-0.15, -0.1) is 12.4 Å². The lowest BCUT2D eigenvalue weighted by molar-refractivity contribution is 0.245. The Bertz CT molecular complexity index is 76.0. The van der Waals surface area contributed by atoms with E-state index in [1.54, 1.807) is 0 Å². The fourth-order valence-electron chi connectivity index (χ4n) is 0.660. The van der Waals surface area contributed by atoms with Gasteiger partial charge in [0.1, 0.15) is 0 Å². The van der Waals surface area contributed by atoms with Crippen molar-refractivity contribution in [2.75, 3.05) is 13.2 Å². The molecule has 0 fully saturated rings. The van der Waals surface area contributed by atoms with E-state index in [9.17, 15) is 0 Å². The van der Waals surface area contributed by atoms with Crippen molar-refractivity contribution in [2.24, 2.45) is 11.1 Å². The van der Waals surface area contributed by atoms with E-state index in [-0.39, 0.29) is 24.4 Å². The summed E-state index contributed by atoms with van der Waals surface area (Å²) in [6, 6.07) is 0. The predicted molar refractivity (Wildman–Crippen MR) is 46.4 cm³/mol. The van der Waals surface area contributed by atoms with Crippen LogP contribution in [0.2, 0.25) is 0 Å². The highest BCUT2D eigenvalue weighted by Crippen LogP contribution is 2.19. The summed E-state index contributed by atoms with van der Waals surface area (Å²) in [4.78, 5) is 0. The van der Waals surface area contributed by atoms with E-state index < -0.39 is 0 Å². The molecule has 0 aromatic heterocycles. The molecule has 0 bridgehead atoms. The molecule has 0 radical (unpaired) electrons. The molecule has 0 rings (SSSR count). The van der Waals surface area contributed by atoms with Gasteiger partial charge in [0.15, 0.2) is 0 Å². The van der Waals surface area contributed by atoms with Crippen LogP contribution in [0, 0.1) is 5.41 Å². The standard InChI is InChI=1S/C7H17NO.ClH/c1-7(2,6-8)4-3-5-9;/h9H,3-6,8H2,1-2H3;1H. The SMILES string of the molecule is CC(C)(CN)CCCO.Cl. The lowest BCUT2D eigenvalue weighted by atomic mass is 9.88. The predicted octanol–water partition coefficient (Wildman–Crippen LogP) is 1.17. The van der Waals surface area contributed by atoms with Crippen LogP contribution in [0.4, 0.5) is 0 Å². The smallest absolute Gasteiger partial charge is 0.0431 e. The molecular weight excluding hydrogens is 150 g/mol. The molecule has 10 heavy (non-hydrogen) atoms. The molecule has 0 saturated carbocycles. The topological polar surface area (TPSA) is 46.2 Å². The zero-order chi connectivity index (χ0) is 7.33. The molecule has 0 heterocycles. The van der Waals surface area contributed by atoms with Crippen LogP contribution in [0.15, 0.2) is 0 Å². The highest BCUT2D eigenvalue weighted by atomic mass is 35.5. The van der Waals surface area contributed by atoms with Crippen molar-refractivity contribution >= 4 is 12.4 Å². The normalized spacial score (nSPS) is 10.8. The van der Waals surface area contributed by atoms with Crippen LogP contribution >= 0.6 is 12.4 Å². The van der Waals surface area contributed by atoms with Gasteiger partial charge in [0.25, 0.3) is 0 Å². The van der Waals surface area contributed by atoms with Gasteiger partial charge >= 0.3 is 0 Å². The maximum atomic E-state index is 8.48. The zero-order valence-electron chi connectivity index (χ0n) is 6.76. The van der Waals surface area contributed by atoms with Gasteiger partial charge in [-0.1, -0.05) is 13.8 Å². The van der Waals surface area contributed by atoms with Gasteiger partial charge in [-0.25, -0.2) is 0 Å². The first-order chi connectivity index (χ1) is 4.12. The first-order valence-corrected chi connectivity index (χ1v) is 3.43. The summed E-state index contributed by atoms with van der Waals surface area (Å²) < 4.78 is 0. The maximum absolute atomic E-state index is 8.48. The minimum Gasteiger partial charge on any atom is -0.396 e. The number of aliphatic hydroxyl groups excluding tert-OH is 1. The first kappa shape index (κ1) is 12.8. The molecule has 0 aliphatic carbocycles. The molecule has 0 spiro atoms. The van der Waals surface area contributed by atoms with Crippen LogP contribution in [-0.2, 0) is 0 Å². The minimum absolute atomic E-state index is 0. The number of rotatable bonds is 4. The molecule has 0 amide bonds. The number of aliphatic hydroxyl groups is 1. The summed E-state index contributed by atoms with van der Waals surface area (Å²) in [6.07, 6.45) is 1.88. The molecular formula is C7H18ClNO. The molecule has 0 unspecified atom stereocenters. The summed E-state index contributed by atoms with van der Waals surface area (Å²) in [5, 5.41) is 8.48. The van der Waals surface area contributed by atoms with Gasteiger partial charge in [0, 0.05) is 6.61 Å². The second-order valence-electron chi connectivity index (χ2n) is 3.20. The lowest BCUT2D eigenvalue weighted by Gasteiger charge is -2.20. The third-order valence-electron chi connectivity index (χ3n) is 1.56. The molecule has 0 aromatic carbocycles. The van der Waals surface area contributed by atoms with E-state index in [1.165, 1.54) is 0 Å². The Morgan fingerprint density at radius 3 is 2.20 bits per heavy atom. The van der Waals surface area contributed by atoms with Crippen molar-refractivity contribution in [1.82, 2.24) is 0 Å². The largest absolute Gasteiger partial charge is 0.396 e. The van der Waals surface area contributed by atoms with Crippen LogP contribution in [0.5, 0.6) is 0 Å². The van der Waals surface area contributed by atoms with E-state index in [1.807, 2.05) is 0 Å². The second kappa shape index (κ2) is 5.96. The monoisotopic (exact) mass is 167 g/mol. The van der Waals surface area contributed by atoms with Gasteiger partial charge in [0.05, 0.1) is 0 Å². The van der Waals surface area contributed by atoms with Crippen LogP contribution in [0.3, 0.4) is 0 Å². The Kier molecular flexibility index (Phi) is 7.65. The van der Waals surface area contributed by atoms with E-state index in [0.29, 0.717) is 6.54 Å². The highest BCUT2D eigenvalue weighted by molar-refractivity contribution is 5.85. The van der Waals surface area contributed by atoms with Gasteiger partial charge in [-0.05, 0) is 24.8 Å². The van der Waals surface area contributed by atoms with Gasteiger partial charge in [-0.2, -0.15) is 0 Å². The summed E-state index contributed by atoms with van der Waals surface area (Å²) >= 11 is 0. The van der Waals surface area contributed by atoms with Crippen LogP contribution in [0.1, 0.15) is 26.7 Å². The number of halogens is 1. The summed E-state index contributed by atoms with van der Waals surface area (Å²) in [6.45, 7) is 5.21. The minimum atomic E-state index is 0. The third-order valence-corrected chi connectivity index (χ3v) is 1.56. The van der Waals surface area contributed by atoms with E-state index in [4.69, 9.17) is 10.8 Å². The Morgan fingerprint density at radius 2 is 1.90 bits per heavy atom. The molecule has 64 valence electrons. The molecule has 0 aliphatic heterocycles. The van der Waals surface area contributed by atoms with Crippen LogP contribution in [0.25, 0.3) is 0 Å². The van der Waals surface area contributed by atoms with Crippen LogP contribution in [-0.4, -0.2) is 18.3 Å². The van der Waals surface area contributed by atoms with Crippen molar-refractivity contribution in [3.63, 3.8) is 0 Å². The Hall–Kier alpha value is 0.210. The van der Waals surface area contributed by atoms with Crippen molar-refractivity contribution in [1.29, 1.82) is 0 Å². The Balaban J connectivity index is 0. The maximum Gasteiger partial charge on any atom is 0.0431 e. The number of nitrogens with two attached hydrogens (primary N) is 1. The average Bonchev–Trinajstić information content (AvgIpc) is 1.84. The van der Waals surface area contributed by atoms with Gasteiger partial charge < -0.3 is 10.8 Å². The highest BCUT2D eigenvalue weighted by Gasteiger charge is 2.13. The van der Waals surface area contributed by atoms with Crippen molar-refractivity contribution < 1.29 is 5.11 Å². The quantitative estimate of drug-likeness (QED) is 0.661. The Morgan fingerprint density at radius 1 is 1.40 bits per heavy atom. The molecule has 3 heteroatoms. The lowest BCUT2D eigenvalue weighted by Crippen LogP contribution is -2.23. The summed E-state index contributed by atoms with van der Waals surface area (Å²) in [5.41, 5.74) is 5.68. The van der Waals surface area contributed by atoms with E-state index in [2.05, 4.69) is 13.8 Å². The van der Waals surface area contributed by atoms with Crippen molar-refractivity contribution in [3.8, 4) is 0 Å². The van der Waals surface area contributed by atoms with E-state index >= 15 is 0 Å². The van der Waals surface area contributed by atoms with E-state index in [0.717, 1.165) is 12.8 Å². The third kappa shape index (κ3) is 6.33. The number of hydrogen-bond acceptors (Lipinski definition) is 2. The molecule has 0 aliphatic rings. The van der Waals surface area contributed by atoms with Crippen molar-refractivity contribution in [2.45, 2.75) is 26.7 Å². The fourth-order valence-corrected chi connectivity index (χ4v) is 0.660. The zero-order valence-corrected chi connectivity index (χ0v) is 7.58. The van der Waals surface area contributed by atoms with Gasteiger partial charge in [0.2, 0.25) is 0 Å². The molecule has 0 atom stereocenters. The molecule has 0 saturated heterocycles. The number of hydrogen-bond donors (Lipinski definition) is 2. The summed E-state index contributed by atoms with van der Waals surface area (Å²) in [7, 11) is 0. The second-order valence-corrected chi connectivity index (χ2v) is 3.20. The molecule has 3 N–H and O–H groups in total. The fraction of sp³-hybridized carbons (Fsp3) is 1.00. The average molecular weight is 168 g/mol. The van der Waals surface area contributed by atoms with Crippen molar-refractivity contribution in [3.05, 3.63) is 0 Å². The molecule has 2 nitrogen and oxygen atoms in total.